The van der Waals surface area contributed by atoms with E-state index in [4.69, 9.17) is 0 Å². The van der Waals surface area contributed by atoms with Gasteiger partial charge in [-0.3, -0.25) is 10.9 Å². The van der Waals surface area contributed by atoms with Crippen molar-refractivity contribution >= 4 is 26.7 Å². The molecule has 100 valence electrons. The maximum atomic E-state index is 4.67. The quantitative estimate of drug-likeness (QED) is 0.787. The van der Waals surface area contributed by atoms with Gasteiger partial charge in [0.05, 0.1) is 10.2 Å². The summed E-state index contributed by atoms with van der Waals surface area (Å²) in [6.45, 7) is 1.10. The maximum absolute atomic E-state index is 4.67. The van der Waals surface area contributed by atoms with Crippen LogP contribution >= 0.6 is 11.3 Å². The molecule has 0 spiro atoms. The van der Waals surface area contributed by atoms with Crippen LogP contribution in [0.1, 0.15) is 19.3 Å². The molecule has 0 radical (unpaired) electrons. The molecule has 1 saturated heterocycles. The number of hydrogen-bond donors (Lipinski definition) is 3. The molecule has 3 unspecified atom stereocenters. The summed E-state index contributed by atoms with van der Waals surface area (Å²) in [5.74, 6) is 0.764. The monoisotopic (exact) mass is 274 g/mol. The molecule has 3 N–H and O–H groups in total. The number of rotatable bonds is 2. The van der Waals surface area contributed by atoms with Crippen LogP contribution in [0.3, 0.4) is 0 Å². The Balaban J connectivity index is 1.48. The van der Waals surface area contributed by atoms with Crippen molar-refractivity contribution in [2.24, 2.45) is 5.92 Å². The molecular formula is C14H18N4S. The summed E-state index contributed by atoms with van der Waals surface area (Å²) in [6.07, 6.45) is 3.71. The minimum atomic E-state index is 0.573. The molecule has 1 saturated carbocycles. The van der Waals surface area contributed by atoms with Crippen LogP contribution in [0.25, 0.3) is 10.2 Å². The normalized spacial score (nSPS) is 30.4. The summed E-state index contributed by atoms with van der Waals surface area (Å²) in [7, 11) is 0. The lowest BCUT2D eigenvalue weighted by molar-refractivity contribution is 0.314. The van der Waals surface area contributed by atoms with Gasteiger partial charge in [-0.15, -0.1) is 0 Å². The minimum absolute atomic E-state index is 0.573. The van der Waals surface area contributed by atoms with Crippen molar-refractivity contribution in [1.82, 2.24) is 15.8 Å². The van der Waals surface area contributed by atoms with Gasteiger partial charge in [-0.1, -0.05) is 23.5 Å². The Morgan fingerprint density at radius 2 is 2.21 bits per heavy atom. The van der Waals surface area contributed by atoms with Crippen LogP contribution in [-0.4, -0.2) is 23.6 Å². The van der Waals surface area contributed by atoms with Gasteiger partial charge in [0.25, 0.3) is 0 Å². The number of hydrogen-bond acceptors (Lipinski definition) is 5. The van der Waals surface area contributed by atoms with Gasteiger partial charge in [-0.25, -0.2) is 4.98 Å². The third-order valence-electron chi connectivity index (χ3n) is 4.26. The first-order chi connectivity index (χ1) is 9.38. The van der Waals surface area contributed by atoms with Gasteiger partial charge in [0, 0.05) is 18.6 Å². The number of hydrazine groups is 1. The van der Waals surface area contributed by atoms with E-state index in [1.807, 2.05) is 6.07 Å². The van der Waals surface area contributed by atoms with Gasteiger partial charge in [0.15, 0.2) is 5.13 Å². The van der Waals surface area contributed by atoms with Crippen molar-refractivity contribution < 1.29 is 0 Å². The number of para-hydroxylation sites is 1. The van der Waals surface area contributed by atoms with Gasteiger partial charge in [0.1, 0.15) is 0 Å². The topological polar surface area (TPSA) is 49.0 Å². The van der Waals surface area contributed by atoms with E-state index in [2.05, 4.69) is 39.4 Å². The van der Waals surface area contributed by atoms with E-state index in [0.717, 1.165) is 23.1 Å². The molecule has 1 aromatic carbocycles. The van der Waals surface area contributed by atoms with Crippen molar-refractivity contribution in [2.75, 3.05) is 11.9 Å². The van der Waals surface area contributed by atoms with Gasteiger partial charge in [-0.2, -0.15) is 0 Å². The van der Waals surface area contributed by atoms with Gasteiger partial charge in [-0.05, 0) is 37.3 Å². The molecule has 2 fully saturated rings. The highest BCUT2D eigenvalue weighted by Gasteiger charge is 2.33. The molecule has 1 aliphatic heterocycles. The first kappa shape index (κ1) is 11.6. The molecule has 4 rings (SSSR count). The molecule has 19 heavy (non-hydrogen) atoms. The Morgan fingerprint density at radius 3 is 3.16 bits per heavy atom. The molecule has 2 aromatic rings. The van der Waals surface area contributed by atoms with Crippen molar-refractivity contribution in [1.29, 1.82) is 0 Å². The minimum Gasteiger partial charge on any atom is -0.359 e. The summed E-state index contributed by atoms with van der Waals surface area (Å²) >= 11 is 1.76. The van der Waals surface area contributed by atoms with E-state index in [1.165, 1.54) is 24.0 Å². The molecule has 4 nitrogen and oxygen atoms in total. The van der Waals surface area contributed by atoms with E-state index in [0.29, 0.717) is 12.1 Å². The molecule has 0 amide bonds. The van der Waals surface area contributed by atoms with Crippen molar-refractivity contribution in [2.45, 2.75) is 31.3 Å². The van der Waals surface area contributed by atoms with E-state index in [1.54, 1.807) is 11.3 Å². The molecule has 1 aromatic heterocycles. The van der Waals surface area contributed by atoms with E-state index in [9.17, 15) is 0 Å². The van der Waals surface area contributed by atoms with E-state index < -0.39 is 0 Å². The highest BCUT2D eigenvalue weighted by Crippen LogP contribution is 2.31. The van der Waals surface area contributed by atoms with Crippen molar-refractivity contribution in [3.63, 3.8) is 0 Å². The van der Waals surface area contributed by atoms with Crippen LogP contribution in [0, 0.1) is 5.92 Å². The second-order valence-corrected chi connectivity index (χ2v) is 6.56. The summed E-state index contributed by atoms with van der Waals surface area (Å²) < 4.78 is 1.27. The van der Waals surface area contributed by atoms with E-state index >= 15 is 0 Å². The fraction of sp³-hybridized carbons (Fsp3) is 0.500. The van der Waals surface area contributed by atoms with E-state index in [-0.39, 0.29) is 0 Å². The molecule has 5 heteroatoms. The average Bonchev–Trinajstić information content (AvgIpc) is 3.03. The van der Waals surface area contributed by atoms with Crippen LogP contribution in [-0.2, 0) is 0 Å². The molecule has 3 atom stereocenters. The zero-order valence-electron chi connectivity index (χ0n) is 10.7. The summed E-state index contributed by atoms with van der Waals surface area (Å²) in [4.78, 5) is 4.67. The fourth-order valence-corrected chi connectivity index (χ4v) is 4.18. The fourth-order valence-electron chi connectivity index (χ4n) is 3.24. The van der Waals surface area contributed by atoms with Crippen LogP contribution in [0.4, 0.5) is 5.13 Å². The molecule has 1 aliphatic carbocycles. The Hall–Kier alpha value is -1.17. The number of nitrogens with one attached hydrogen (secondary N) is 3. The lowest BCUT2D eigenvalue weighted by atomic mass is 9.83. The lowest BCUT2D eigenvalue weighted by Gasteiger charge is -2.31. The zero-order valence-corrected chi connectivity index (χ0v) is 11.5. The Labute approximate surface area is 116 Å². The first-order valence-electron chi connectivity index (χ1n) is 6.99. The summed E-state index contributed by atoms with van der Waals surface area (Å²) in [6, 6.07) is 9.59. The summed E-state index contributed by atoms with van der Waals surface area (Å²) in [5.41, 5.74) is 7.76. The van der Waals surface area contributed by atoms with Gasteiger partial charge < -0.3 is 5.32 Å². The highest BCUT2D eigenvalue weighted by atomic mass is 32.1. The number of thiazole rings is 1. The lowest BCUT2D eigenvalue weighted by Crippen LogP contribution is -2.39. The second kappa shape index (κ2) is 4.74. The Bertz CT molecular complexity index is 549. The maximum Gasteiger partial charge on any atom is 0.184 e. The third-order valence-corrected chi connectivity index (χ3v) is 5.22. The Morgan fingerprint density at radius 1 is 1.26 bits per heavy atom. The zero-order chi connectivity index (χ0) is 12.7. The predicted molar refractivity (Wildman–Crippen MR) is 79.3 cm³/mol. The second-order valence-electron chi connectivity index (χ2n) is 5.53. The molecule has 2 aliphatic rings. The predicted octanol–water partition coefficient (Wildman–Crippen LogP) is 2.35. The van der Waals surface area contributed by atoms with Crippen molar-refractivity contribution in [3.05, 3.63) is 24.3 Å². The standard InChI is InChI=1S/C14H18N4S/c1-2-4-13-12(3-1)17-14(19-13)16-10-5-6-11-9(7-10)8-15-18-11/h1-4,9-11,15,18H,5-8H2,(H,16,17). The third kappa shape index (κ3) is 2.22. The van der Waals surface area contributed by atoms with Gasteiger partial charge >= 0.3 is 0 Å². The molecule has 0 bridgehead atoms. The largest absolute Gasteiger partial charge is 0.359 e. The van der Waals surface area contributed by atoms with Crippen LogP contribution in [0.2, 0.25) is 0 Å². The van der Waals surface area contributed by atoms with Crippen LogP contribution in [0.5, 0.6) is 0 Å². The first-order valence-corrected chi connectivity index (χ1v) is 7.80. The smallest absolute Gasteiger partial charge is 0.184 e. The number of anilines is 1. The average molecular weight is 274 g/mol. The number of nitrogens with zero attached hydrogens (tertiary/aromatic N) is 1. The Kier molecular flexibility index (Phi) is 2.90. The van der Waals surface area contributed by atoms with Gasteiger partial charge in [0.2, 0.25) is 0 Å². The number of fused-ring (bicyclic) bond motifs is 2. The van der Waals surface area contributed by atoms with Crippen LogP contribution in [0.15, 0.2) is 24.3 Å². The number of aromatic nitrogens is 1. The SMILES string of the molecule is c1ccc2sc(NC3CCC4NNCC4C3)nc2c1. The molecular weight excluding hydrogens is 256 g/mol. The number of benzene rings is 1. The summed E-state index contributed by atoms with van der Waals surface area (Å²) in [5, 5.41) is 4.71. The molecule has 2 heterocycles. The highest BCUT2D eigenvalue weighted by molar-refractivity contribution is 7.22. The van der Waals surface area contributed by atoms with Crippen molar-refractivity contribution in [3.8, 4) is 0 Å². The van der Waals surface area contributed by atoms with Crippen LogP contribution < -0.4 is 16.2 Å².